The Balaban J connectivity index is 0.653. The summed E-state index contributed by atoms with van der Waals surface area (Å²) in [5.74, 6) is -1.83. The molecule has 3 aromatic heterocycles. The van der Waals surface area contributed by atoms with Crippen LogP contribution < -0.4 is 10.6 Å². The van der Waals surface area contributed by atoms with Crippen LogP contribution in [0.25, 0.3) is 21.6 Å². The van der Waals surface area contributed by atoms with Crippen molar-refractivity contribution in [1.82, 2.24) is 40.2 Å². The van der Waals surface area contributed by atoms with Gasteiger partial charge in [-0.25, -0.2) is 14.8 Å². The van der Waals surface area contributed by atoms with Crippen molar-refractivity contribution < 1.29 is 34.1 Å². The predicted octanol–water partition coefficient (Wildman–Crippen LogP) is 12.3. The highest BCUT2D eigenvalue weighted by molar-refractivity contribution is 7.13. The molecule has 5 fully saturated rings. The second-order valence-electron chi connectivity index (χ2n) is 27.3. The van der Waals surface area contributed by atoms with Gasteiger partial charge in [-0.3, -0.25) is 19.1 Å². The number of unbranched alkanes of at least 4 members (excludes halogenated alkanes) is 12. The van der Waals surface area contributed by atoms with Crippen LogP contribution in [0.4, 0.5) is 0 Å². The third-order valence-corrected chi connectivity index (χ3v) is 19.4. The van der Waals surface area contributed by atoms with Crippen LogP contribution in [0.1, 0.15) is 210 Å². The zero-order valence-corrected chi connectivity index (χ0v) is 51.2. The average molecular weight is 1130 g/mol. The topological polar surface area (TPSA) is 192 Å². The lowest BCUT2D eigenvalue weighted by molar-refractivity contribution is -0.248. The number of β-amino-alcohol motifs (C(OH)–C–C–N with tert-alkyl or cyclic N) is 1. The number of aliphatic hydroxyl groups is 1. The summed E-state index contributed by atoms with van der Waals surface area (Å²) in [4.78, 5) is 66.7. The molecule has 3 amide bonds. The number of aromatic carboxylic acids is 1. The number of rotatable bonds is 30. The number of nitrogens with one attached hydrogen (secondary N) is 2. The van der Waals surface area contributed by atoms with Crippen LogP contribution in [0.2, 0.25) is 0 Å². The number of aromatic nitrogens is 4. The van der Waals surface area contributed by atoms with Crippen LogP contribution in [0.15, 0.2) is 54.3 Å². The minimum absolute atomic E-state index is 0.0470. The van der Waals surface area contributed by atoms with Gasteiger partial charge < -0.3 is 35.4 Å². The lowest BCUT2D eigenvalue weighted by Crippen LogP contribution is -2.64. The summed E-state index contributed by atoms with van der Waals surface area (Å²) in [5.41, 5.74) is 7.19. The van der Waals surface area contributed by atoms with E-state index < -0.39 is 29.6 Å². The van der Waals surface area contributed by atoms with Crippen LogP contribution in [0.5, 0.6) is 0 Å². The molecule has 9 rings (SSSR count). The number of amides is 3. The number of hydrogen-bond donors (Lipinski definition) is 4. The summed E-state index contributed by atoms with van der Waals surface area (Å²) in [7, 11) is 2.24. The zero-order chi connectivity index (χ0) is 58.2. The SMILES string of the molecule is Cc1ncsc1-c1ccc([C@H](C)NC(=O)[C@@H]2C[C@@H](O)CN2C(=O)[C@@H](NC(=O)CCCCCCCCCCCCCCCN(C)CCOC23CC4(C)CC(C)(CC(Cn5ncc(-c6cccnc6C(=O)O)c5C)(C4)C2)C3)C(C)(C)C)cc1. The van der Waals surface area contributed by atoms with E-state index in [0.29, 0.717) is 12.0 Å². The number of carboxylic acid groups (broad SMARTS) is 1. The molecule has 1 aromatic carbocycles. The zero-order valence-electron chi connectivity index (χ0n) is 50.4. The number of pyridine rings is 1. The maximum absolute atomic E-state index is 14.1. The van der Waals surface area contributed by atoms with Crippen LogP contribution >= 0.6 is 11.3 Å². The highest BCUT2D eigenvalue weighted by Gasteiger charge is 2.66. The predicted molar refractivity (Wildman–Crippen MR) is 321 cm³/mol. The quantitative estimate of drug-likeness (QED) is 0.0363. The van der Waals surface area contributed by atoms with Gasteiger partial charge in [0.25, 0.3) is 0 Å². The molecule has 4 saturated carbocycles. The number of hydrogen-bond acceptors (Lipinski definition) is 11. The molecule has 4 bridgehead atoms. The smallest absolute Gasteiger partial charge is 0.355 e. The molecule has 5 aliphatic rings. The molecule has 1 saturated heterocycles. The molecule has 2 unspecified atom stereocenters. The minimum Gasteiger partial charge on any atom is -0.476 e. The highest BCUT2D eigenvalue weighted by Crippen LogP contribution is 2.72. The molecule has 4 aliphatic carbocycles. The second kappa shape index (κ2) is 26.7. The van der Waals surface area contributed by atoms with E-state index in [1.807, 2.05) is 76.7 Å². The van der Waals surface area contributed by atoms with Gasteiger partial charge in [0, 0.05) is 55.5 Å². The fourth-order valence-corrected chi connectivity index (χ4v) is 16.3. The van der Waals surface area contributed by atoms with Crippen molar-refractivity contribution in [3.8, 4) is 21.6 Å². The Hall–Kier alpha value is -5.03. The van der Waals surface area contributed by atoms with Crippen LogP contribution in [-0.2, 0) is 25.7 Å². The summed E-state index contributed by atoms with van der Waals surface area (Å²) >= 11 is 1.59. The Morgan fingerprint density at radius 1 is 0.815 bits per heavy atom. The van der Waals surface area contributed by atoms with E-state index in [9.17, 15) is 29.4 Å². The molecule has 6 atom stereocenters. The molecule has 4 N–H and O–H groups in total. The van der Waals surface area contributed by atoms with Gasteiger partial charge in [-0.15, -0.1) is 11.3 Å². The van der Waals surface area contributed by atoms with Gasteiger partial charge in [-0.1, -0.05) is 136 Å². The first kappa shape index (κ1) is 62.0. The monoisotopic (exact) mass is 1130 g/mol. The lowest BCUT2D eigenvalue weighted by Gasteiger charge is -2.69. The maximum atomic E-state index is 14.1. The van der Waals surface area contributed by atoms with Crippen molar-refractivity contribution in [2.45, 2.75) is 227 Å². The number of likely N-dealkylation sites (N-methyl/N-ethyl adjacent to an activating group) is 1. The van der Waals surface area contributed by atoms with Gasteiger partial charge in [-0.2, -0.15) is 5.10 Å². The molecule has 81 heavy (non-hydrogen) atoms. The van der Waals surface area contributed by atoms with Gasteiger partial charge in [0.15, 0.2) is 5.69 Å². The van der Waals surface area contributed by atoms with Gasteiger partial charge in [0.2, 0.25) is 17.7 Å². The number of likely N-dealkylation sites (tertiary alicyclic amines) is 1. The van der Waals surface area contributed by atoms with Crippen molar-refractivity contribution in [2.24, 2.45) is 21.7 Å². The Morgan fingerprint density at radius 3 is 2.05 bits per heavy atom. The highest BCUT2D eigenvalue weighted by atomic mass is 32.1. The Kier molecular flexibility index (Phi) is 20.4. The van der Waals surface area contributed by atoms with Crippen molar-refractivity contribution in [3.63, 3.8) is 0 Å². The number of carbonyl (C=O) groups excluding carboxylic acids is 3. The van der Waals surface area contributed by atoms with Crippen molar-refractivity contribution in [2.75, 3.05) is 33.3 Å². The first-order chi connectivity index (χ1) is 38.5. The van der Waals surface area contributed by atoms with Crippen LogP contribution in [0, 0.1) is 35.5 Å². The summed E-state index contributed by atoms with van der Waals surface area (Å²) in [5, 5.41) is 31.5. The second-order valence-corrected chi connectivity index (χ2v) is 28.1. The summed E-state index contributed by atoms with van der Waals surface area (Å²) in [6, 6.07) is 9.70. The molecule has 444 valence electrons. The number of benzene rings is 1. The summed E-state index contributed by atoms with van der Waals surface area (Å²) in [6.45, 7) is 20.4. The standard InChI is InChI=1S/C65H96N8O7S/c1-45(48-26-28-49(29-27-48)56-46(2)67-44-81-56)69-58(76)53-34-50(74)36-72(53)59(77)57(61(4,5)6)70-54(75)25-21-19-17-15-13-11-10-12-14-16-18-20-22-31-71(9)32-33-80-65-40-62(7)37-63(8,41-65)39-64(38-62,42-65)43-73-47(3)52(35-68-73)51-24-23-30-66-55(51)60(78)79/h23-24,26-30,35,44-45,50,53,57,74H,10-22,25,31-34,36-43H2,1-9H3,(H,69,76)(H,70,75)(H,78,79)/t45-,50+,53-,57+,62?,63?,64?,65?/m0/s1. The number of nitrogens with zero attached hydrogens (tertiary/aromatic N) is 6. The minimum atomic E-state index is -1.03. The average Bonchev–Trinajstić information content (AvgIpc) is 1.78. The van der Waals surface area contributed by atoms with Gasteiger partial charge in [0.1, 0.15) is 12.1 Å². The summed E-state index contributed by atoms with van der Waals surface area (Å²) < 4.78 is 9.20. The molecule has 4 aromatic rings. The van der Waals surface area contributed by atoms with Crippen LogP contribution in [0.3, 0.4) is 0 Å². The number of ether oxygens (including phenoxy) is 1. The number of carbonyl (C=O) groups is 4. The van der Waals surface area contributed by atoms with Crippen molar-refractivity contribution in [1.29, 1.82) is 0 Å². The van der Waals surface area contributed by atoms with E-state index in [-0.39, 0.29) is 64.3 Å². The Bertz CT molecular complexity index is 2750. The number of carboxylic acids is 1. The van der Waals surface area contributed by atoms with E-state index in [1.165, 1.54) is 94.6 Å². The van der Waals surface area contributed by atoms with Gasteiger partial charge in [0.05, 0.1) is 46.6 Å². The Morgan fingerprint density at radius 2 is 1.44 bits per heavy atom. The third kappa shape index (κ3) is 15.8. The van der Waals surface area contributed by atoms with E-state index in [4.69, 9.17) is 9.84 Å². The van der Waals surface area contributed by atoms with E-state index in [1.54, 1.807) is 17.4 Å². The molecule has 0 radical (unpaired) electrons. The van der Waals surface area contributed by atoms with Crippen molar-refractivity contribution >= 4 is 35.0 Å². The first-order valence-electron chi connectivity index (χ1n) is 30.6. The molecular weight excluding hydrogens is 1040 g/mol. The first-order valence-corrected chi connectivity index (χ1v) is 31.5. The van der Waals surface area contributed by atoms with E-state index >= 15 is 0 Å². The third-order valence-electron chi connectivity index (χ3n) is 18.4. The fourth-order valence-electron chi connectivity index (χ4n) is 15.5. The molecule has 15 nitrogen and oxygen atoms in total. The van der Waals surface area contributed by atoms with E-state index in [0.717, 1.165) is 97.7 Å². The molecule has 0 spiro atoms. The van der Waals surface area contributed by atoms with Gasteiger partial charge in [-0.05, 0) is 125 Å². The van der Waals surface area contributed by atoms with E-state index in [2.05, 4.69) is 58.0 Å². The maximum Gasteiger partial charge on any atom is 0.355 e. The number of thiazole rings is 1. The van der Waals surface area contributed by atoms with Gasteiger partial charge >= 0.3 is 5.97 Å². The molecular formula is C65H96N8O7S. The fraction of sp³-hybridized carbons (Fsp3) is 0.677. The lowest BCUT2D eigenvalue weighted by atomic mass is 9.39. The largest absolute Gasteiger partial charge is 0.476 e. The molecule has 1 aliphatic heterocycles. The molecule has 16 heteroatoms. The number of aryl methyl sites for hydroxylation is 1. The van der Waals surface area contributed by atoms with Crippen LogP contribution in [-0.4, -0.2) is 121 Å². The summed E-state index contributed by atoms with van der Waals surface area (Å²) in [6.07, 6.45) is 25.3. The number of aliphatic hydroxyl groups excluding tert-OH is 1. The normalized spacial score (nSPS) is 24.9. The Labute approximate surface area is 487 Å². The van der Waals surface area contributed by atoms with Crippen molar-refractivity contribution in [3.05, 3.63) is 76.9 Å². The molecule has 4 heterocycles.